The summed E-state index contributed by atoms with van der Waals surface area (Å²) in [6.07, 6.45) is 3.56. The van der Waals surface area contributed by atoms with Crippen LogP contribution in [0.25, 0.3) is 0 Å². The third-order valence-electron chi connectivity index (χ3n) is 3.78. The fraction of sp³-hybridized carbons (Fsp3) is 0.615. The SMILES string of the molecule is C[C@H](NC(=O)N1CCc2sccc2C1)C1CC1. The second-order valence-electron chi connectivity index (χ2n) is 5.12. The van der Waals surface area contributed by atoms with Crippen LogP contribution in [0.1, 0.15) is 30.2 Å². The highest BCUT2D eigenvalue weighted by atomic mass is 32.1. The molecule has 1 aromatic heterocycles. The lowest BCUT2D eigenvalue weighted by molar-refractivity contribution is 0.188. The van der Waals surface area contributed by atoms with E-state index in [1.165, 1.54) is 23.3 Å². The van der Waals surface area contributed by atoms with Crippen molar-refractivity contribution in [2.45, 2.75) is 38.8 Å². The molecule has 1 aliphatic carbocycles. The smallest absolute Gasteiger partial charge is 0.317 e. The number of hydrogen-bond donors (Lipinski definition) is 1. The first-order chi connectivity index (χ1) is 8.24. The van der Waals surface area contributed by atoms with Gasteiger partial charge < -0.3 is 10.2 Å². The van der Waals surface area contributed by atoms with E-state index >= 15 is 0 Å². The van der Waals surface area contributed by atoms with Crippen LogP contribution in [0.4, 0.5) is 4.79 Å². The molecule has 2 heterocycles. The maximum Gasteiger partial charge on any atom is 0.317 e. The molecule has 0 bridgehead atoms. The highest BCUT2D eigenvalue weighted by molar-refractivity contribution is 7.10. The van der Waals surface area contributed by atoms with Crippen LogP contribution in [0.2, 0.25) is 0 Å². The highest BCUT2D eigenvalue weighted by Crippen LogP contribution is 2.32. The molecule has 2 amide bonds. The Kier molecular flexibility index (Phi) is 2.82. The minimum Gasteiger partial charge on any atom is -0.335 e. The summed E-state index contributed by atoms with van der Waals surface area (Å²) in [5.74, 6) is 0.723. The highest BCUT2D eigenvalue weighted by Gasteiger charge is 2.30. The van der Waals surface area contributed by atoms with Crippen molar-refractivity contribution < 1.29 is 4.79 Å². The molecule has 0 saturated heterocycles. The van der Waals surface area contributed by atoms with E-state index in [9.17, 15) is 4.79 Å². The van der Waals surface area contributed by atoms with Gasteiger partial charge in [-0.05, 0) is 49.1 Å². The standard InChI is InChI=1S/C13H18N2OS/c1-9(10-2-3-10)14-13(16)15-6-4-12-11(8-15)5-7-17-12/h5,7,9-10H,2-4,6,8H2,1H3,(H,14,16)/t9-/m0/s1. The lowest BCUT2D eigenvalue weighted by atomic mass is 10.1. The number of carbonyl (C=O) groups is 1. The largest absolute Gasteiger partial charge is 0.335 e. The number of thiophene rings is 1. The van der Waals surface area contributed by atoms with Crippen molar-refractivity contribution in [2.24, 2.45) is 5.92 Å². The fourth-order valence-corrected chi connectivity index (χ4v) is 3.31. The zero-order valence-corrected chi connectivity index (χ0v) is 10.9. The number of nitrogens with one attached hydrogen (secondary N) is 1. The van der Waals surface area contributed by atoms with Crippen LogP contribution < -0.4 is 5.32 Å². The van der Waals surface area contributed by atoms with Crippen molar-refractivity contribution in [3.8, 4) is 0 Å². The van der Waals surface area contributed by atoms with Gasteiger partial charge in [0.15, 0.2) is 0 Å². The number of fused-ring (bicyclic) bond motifs is 1. The Morgan fingerprint density at radius 3 is 3.18 bits per heavy atom. The van der Waals surface area contributed by atoms with E-state index in [4.69, 9.17) is 0 Å². The van der Waals surface area contributed by atoms with Gasteiger partial charge in [-0.25, -0.2) is 4.79 Å². The summed E-state index contributed by atoms with van der Waals surface area (Å²) in [4.78, 5) is 15.5. The van der Waals surface area contributed by atoms with Gasteiger partial charge in [0.1, 0.15) is 0 Å². The van der Waals surface area contributed by atoms with Crippen LogP contribution >= 0.6 is 11.3 Å². The van der Waals surface area contributed by atoms with Crippen LogP contribution in [-0.2, 0) is 13.0 Å². The summed E-state index contributed by atoms with van der Waals surface area (Å²) in [7, 11) is 0. The molecule has 2 aliphatic rings. The molecule has 1 N–H and O–H groups in total. The second kappa shape index (κ2) is 4.33. The summed E-state index contributed by atoms with van der Waals surface area (Å²) in [6.45, 7) is 3.76. The molecule has 1 fully saturated rings. The molecule has 3 rings (SSSR count). The molecule has 1 saturated carbocycles. The lowest BCUT2D eigenvalue weighted by Crippen LogP contribution is -2.46. The molecule has 4 heteroatoms. The first-order valence-corrected chi connectivity index (χ1v) is 7.22. The van der Waals surface area contributed by atoms with Crippen LogP contribution in [0, 0.1) is 5.92 Å². The van der Waals surface area contributed by atoms with Gasteiger partial charge in [-0.15, -0.1) is 11.3 Å². The van der Waals surface area contributed by atoms with Crippen LogP contribution in [0.15, 0.2) is 11.4 Å². The molecular formula is C13H18N2OS. The van der Waals surface area contributed by atoms with E-state index in [0.717, 1.165) is 25.4 Å². The average molecular weight is 250 g/mol. The molecule has 0 aromatic carbocycles. The van der Waals surface area contributed by atoms with Crippen LogP contribution in [-0.4, -0.2) is 23.5 Å². The topological polar surface area (TPSA) is 32.3 Å². The van der Waals surface area contributed by atoms with Gasteiger partial charge >= 0.3 is 6.03 Å². The van der Waals surface area contributed by atoms with Crippen molar-refractivity contribution in [3.63, 3.8) is 0 Å². The second-order valence-corrected chi connectivity index (χ2v) is 6.12. The summed E-state index contributed by atoms with van der Waals surface area (Å²) >= 11 is 1.81. The van der Waals surface area contributed by atoms with Crippen molar-refractivity contribution in [1.29, 1.82) is 0 Å². The zero-order chi connectivity index (χ0) is 11.8. The maximum absolute atomic E-state index is 12.1. The molecule has 1 atom stereocenters. The Morgan fingerprint density at radius 2 is 2.41 bits per heavy atom. The third kappa shape index (κ3) is 2.32. The van der Waals surface area contributed by atoms with Gasteiger partial charge in [0.25, 0.3) is 0 Å². The van der Waals surface area contributed by atoms with Gasteiger partial charge in [-0.2, -0.15) is 0 Å². The van der Waals surface area contributed by atoms with Crippen molar-refractivity contribution in [3.05, 3.63) is 21.9 Å². The van der Waals surface area contributed by atoms with Crippen LogP contribution in [0.5, 0.6) is 0 Å². The van der Waals surface area contributed by atoms with Gasteiger partial charge in [-0.3, -0.25) is 0 Å². The van der Waals surface area contributed by atoms with Crippen molar-refractivity contribution in [2.75, 3.05) is 6.54 Å². The Balaban J connectivity index is 1.60. The van der Waals surface area contributed by atoms with Crippen LogP contribution in [0.3, 0.4) is 0 Å². The Labute approximate surface area is 106 Å². The first-order valence-electron chi connectivity index (χ1n) is 6.34. The first kappa shape index (κ1) is 11.1. The van der Waals surface area contributed by atoms with E-state index < -0.39 is 0 Å². The predicted molar refractivity (Wildman–Crippen MR) is 69.2 cm³/mol. The van der Waals surface area contributed by atoms with E-state index in [-0.39, 0.29) is 6.03 Å². The molecule has 0 radical (unpaired) electrons. The Hall–Kier alpha value is -1.03. The zero-order valence-electron chi connectivity index (χ0n) is 10.1. The number of nitrogens with zero attached hydrogens (tertiary/aromatic N) is 1. The summed E-state index contributed by atoms with van der Waals surface area (Å²) in [5.41, 5.74) is 1.33. The summed E-state index contributed by atoms with van der Waals surface area (Å²) in [5, 5.41) is 5.25. The molecule has 0 spiro atoms. The van der Waals surface area contributed by atoms with Gasteiger partial charge in [0, 0.05) is 24.0 Å². The summed E-state index contributed by atoms with van der Waals surface area (Å²) < 4.78 is 0. The number of urea groups is 1. The minimum atomic E-state index is 0.112. The van der Waals surface area contributed by atoms with Gasteiger partial charge in [0.2, 0.25) is 0 Å². The van der Waals surface area contributed by atoms with E-state index in [2.05, 4.69) is 23.7 Å². The number of amides is 2. The molecule has 3 nitrogen and oxygen atoms in total. The normalized spacial score (nSPS) is 20.9. The number of carbonyl (C=O) groups excluding carboxylic acids is 1. The molecule has 92 valence electrons. The fourth-order valence-electron chi connectivity index (χ4n) is 2.42. The average Bonchev–Trinajstić information content (AvgIpc) is 3.07. The van der Waals surface area contributed by atoms with E-state index in [1.807, 2.05) is 16.2 Å². The summed E-state index contributed by atoms with van der Waals surface area (Å²) in [6, 6.07) is 2.59. The van der Waals surface area contributed by atoms with E-state index in [0.29, 0.717) is 6.04 Å². The van der Waals surface area contributed by atoms with Crippen molar-refractivity contribution in [1.82, 2.24) is 10.2 Å². The Bertz CT molecular complexity index is 425. The third-order valence-corrected chi connectivity index (χ3v) is 4.80. The van der Waals surface area contributed by atoms with E-state index in [1.54, 1.807) is 0 Å². The van der Waals surface area contributed by atoms with Gasteiger partial charge in [-0.1, -0.05) is 0 Å². The maximum atomic E-state index is 12.1. The van der Waals surface area contributed by atoms with Crippen molar-refractivity contribution >= 4 is 17.4 Å². The molecule has 0 unspecified atom stereocenters. The molecule has 1 aromatic rings. The molecule has 1 aliphatic heterocycles. The monoisotopic (exact) mass is 250 g/mol. The predicted octanol–water partition coefficient (Wildman–Crippen LogP) is 2.61. The quantitative estimate of drug-likeness (QED) is 0.859. The number of hydrogen-bond acceptors (Lipinski definition) is 2. The minimum absolute atomic E-state index is 0.112. The molecular weight excluding hydrogens is 232 g/mol. The lowest BCUT2D eigenvalue weighted by Gasteiger charge is -2.28. The molecule has 17 heavy (non-hydrogen) atoms. The van der Waals surface area contributed by atoms with Gasteiger partial charge in [0.05, 0.1) is 0 Å². The Morgan fingerprint density at radius 1 is 1.59 bits per heavy atom. The number of rotatable bonds is 2.